The molecular weight excluding hydrogens is 246 g/mol. The van der Waals surface area contributed by atoms with Crippen LogP contribution in [0.1, 0.15) is 19.3 Å². The Kier molecular flexibility index (Phi) is 3.00. The Morgan fingerprint density at radius 2 is 2.05 bits per heavy atom. The molecule has 0 aromatic heterocycles. The summed E-state index contributed by atoms with van der Waals surface area (Å²) in [6.07, 6.45) is 6.83. The van der Waals surface area contributed by atoms with Crippen molar-refractivity contribution in [2.45, 2.75) is 25.3 Å². The molecule has 0 radical (unpaired) electrons. The average Bonchev–Trinajstić information content (AvgIpc) is 2.70. The molecule has 6 heteroatoms. The van der Waals surface area contributed by atoms with Crippen molar-refractivity contribution in [1.82, 2.24) is 15.1 Å². The fourth-order valence-electron chi connectivity index (χ4n) is 2.88. The van der Waals surface area contributed by atoms with Gasteiger partial charge in [-0.1, -0.05) is 12.2 Å². The van der Waals surface area contributed by atoms with Crippen molar-refractivity contribution in [2.75, 3.05) is 19.6 Å². The van der Waals surface area contributed by atoms with Gasteiger partial charge in [0.2, 0.25) is 11.8 Å². The van der Waals surface area contributed by atoms with E-state index in [-0.39, 0.29) is 36.3 Å². The highest BCUT2D eigenvalue weighted by Crippen LogP contribution is 2.25. The second kappa shape index (κ2) is 4.68. The average molecular weight is 263 g/mol. The Balaban J connectivity index is 1.55. The molecule has 0 aromatic rings. The Morgan fingerprint density at radius 3 is 2.63 bits per heavy atom. The van der Waals surface area contributed by atoms with E-state index in [0.29, 0.717) is 13.1 Å². The van der Waals surface area contributed by atoms with E-state index in [1.165, 1.54) is 4.90 Å². The van der Waals surface area contributed by atoms with Crippen LogP contribution in [0.4, 0.5) is 4.79 Å². The molecule has 2 fully saturated rings. The lowest BCUT2D eigenvalue weighted by atomic mass is 9.91. The van der Waals surface area contributed by atoms with E-state index >= 15 is 0 Å². The summed E-state index contributed by atoms with van der Waals surface area (Å²) >= 11 is 0. The minimum Gasteiger partial charge on any atom is -0.338 e. The van der Waals surface area contributed by atoms with Crippen LogP contribution in [0.2, 0.25) is 0 Å². The zero-order valence-corrected chi connectivity index (χ0v) is 10.7. The summed E-state index contributed by atoms with van der Waals surface area (Å²) in [4.78, 5) is 38.2. The normalized spacial score (nSPS) is 27.5. The molecule has 0 saturated carbocycles. The highest BCUT2D eigenvalue weighted by molar-refractivity contribution is 6.02. The van der Waals surface area contributed by atoms with Crippen LogP contribution in [-0.2, 0) is 9.59 Å². The second-order valence-corrected chi connectivity index (χ2v) is 5.30. The third-order valence-corrected chi connectivity index (χ3v) is 4.04. The van der Waals surface area contributed by atoms with Crippen LogP contribution >= 0.6 is 0 Å². The molecule has 0 aromatic carbocycles. The van der Waals surface area contributed by atoms with E-state index in [0.717, 1.165) is 19.3 Å². The van der Waals surface area contributed by atoms with Crippen LogP contribution in [0.15, 0.2) is 12.2 Å². The van der Waals surface area contributed by atoms with Crippen molar-refractivity contribution < 1.29 is 14.4 Å². The van der Waals surface area contributed by atoms with Crippen LogP contribution in [0.3, 0.4) is 0 Å². The van der Waals surface area contributed by atoms with Gasteiger partial charge in [0.25, 0.3) is 0 Å². The predicted octanol–water partition coefficient (Wildman–Crippen LogP) is 0.105. The molecule has 4 amide bonds. The number of carbonyl (C=O) groups excluding carboxylic acids is 3. The lowest BCUT2D eigenvalue weighted by molar-refractivity contribution is -0.145. The standard InChI is InChI=1S/C13H17N3O3/c17-11-6-14-13(19)16(11)10-7-15(8-10)12(18)9-4-2-1-3-5-9/h1-2,9-10H,3-8H2,(H,14,19)/t9-/m1/s1. The van der Waals surface area contributed by atoms with E-state index < -0.39 is 0 Å². The molecule has 2 heterocycles. The molecule has 1 aliphatic carbocycles. The molecular formula is C13H17N3O3. The van der Waals surface area contributed by atoms with Crippen molar-refractivity contribution in [1.29, 1.82) is 0 Å². The number of hydrogen-bond donors (Lipinski definition) is 1. The van der Waals surface area contributed by atoms with E-state index in [4.69, 9.17) is 0 Å². The number of amides is 4. The topological polar surface area (TPSA) is 69.7 Å². The van der Waals surface area contributed by atoms with Gasteiger partial charge in [0, 0.05) is 19.0 Å². The first-order chi connectivity index (χ1) is 9.16. The van der Waals surface area contributed by atoms with Crippen LogP contribution in [0.5, 0.6) is 0 Å². The third kappa shape index (κ3) is 2.11. The maximum Gasteiger partial charge on any atom is 0.324 e. The monoisotopic (exact) mass is 263 g/mol. The Morgan fingerprint density at radius 1 is 1.26 bits per heavy atom. The predicted molar refractivity (Wildman–Crippen MR) is 67.1 cm³/mol. The molecule has 19 heavy (non-hydrogen) atoms. The number of imide groups is 1. The van der Waals surface area contributed by atoms with Crippen molar-refractivity contribution in [3.63, 3.8) is 0 Å². The van der Waals surface area contributed by atoms with Gasteiger partial charge in [0.1, 0.15) is 0 Å². The van der Waals surface area contributed by atoms with Gasteiger partial charge in [-0.3, -0.25) is 14.5 Å². The fraction of sp³-hybridized carbons (Fsp3) is 0.615. The maximum absolute atomic E-state index is 12.2. The molecule has 2 saturated heterocycles. The molecule has 1 atom stereocenters. The summed E-state index contributed by atoms with van der Waals surface area (Å²) in [6, 6.07) is -0.471. The highest BCUT2D eigenvalue weighted by Gasteiger charge is 2.43. The van der Waals surface area contributed by atoms with Gasteiger partial charge in [-0.25, -0.2) is 4.79 Å². The van der Waals surface area contributed by atoms with Crippen molar-refractivity contribution in [3.05, 3.63) is 12.2 Å². The summed E-state index contributed by atoms with van der Waals surface area (Å²) in [5.41, 5.74) is 0. The summed E-state index contributed by atoms with van der Waals surface area (Å²) in [5.74, 6) is 0.0457. The fourth-order valence-corrected chi connectivity index (χ4v) is 2.88. The van der Waals surface area contributed by atoms with Gasteiger partial charge < -0.3 is 10.2 Å². The molecule has 2 aliphatic heterocycles. The van der Waals surface area contributed by atoms with Crippen LogP contribution in [0.25, 0.3) is 0 Å². The molecule has 0 bridgehead atoms. The minimum atomic E-state index is -0.331. The number of urea groups is 1. The zero-order valence-electron chi connectivity index (χ0n) is 10.7. The van der Waals surface area contributed by atoms with Gasteiger partial charge in [0.15, 0.2) is 0 Å². The van der Waals surface area contributed by atoms with E-state index in [1.807, 2.05) is 0 Å². The third-order valence-electron chi connectivity index (χ3n) is 4.04. The second-order valence-electron chi connectivity index (χ2n) is 5.30. The zero-order chi connectivity index (χ0) is 13.4. The number of rotatable bonds is 2. The number of nitrogens with one attached hydrogen (secondary N) is 1. The number of carbonyl (C=O) groups is 3. The number of likely N-dealkylation sites (tertiary alicyclic amines) is 1. The van der Waals surface area contributed by atoms with E-state index in [2.05, 4.69) is 17.5 Å². The van der Waals surface area contributed by atoms with Gasteiger partial charge in [0.05, 0.1) is 12.6 Å². The first-order valence-corrected chi connectivity index (χ1v) is 6.70. The lowest BCUT2D eigenvalue weighted by Crippen LogP contribution is -2.63. The van der Waals surface area contributed by atoms with Gasteiger partial charge in [-0.2, -0.15) is 0 Å². The van der Waals surface area contributed by atoms with E-state index in [1.54, 1.807) is 4.90 Å². The van der Waals surface area contributed by atoms with Gasteiger partial charge in [-0.15, -0.1) is 0 Å². The number of hydrogen-bond acceptors (Lipinski definition) is 3. The van der Waals surface area contributed by atoms with Gasteiger partial charge in [-0.05, 0) is 19.3 Å². The van der Waals surface area contributed by atoms with Crippen LogP contribution in [0, 0.1) is 5.92 Å². The number of allylic oxidation sites excluding steroid dienone is 2. The molecule has 102 valence electrons. The summed E-state index contributed by atoms with van der Waals surface area (Å²) < 4.78 is 0. The van der Waals surface area contributed by atoms with Crippen LogP contribution in [-0.4, -0.2) is 53.3 Å². The quantitative estimate of drug-likeness (QED) is 0.567. The summed E-state index contributed by atoms with van der Waals surface area (Å²) in [6.45, 7) is 1.05. The largest absolute Gasteiger partial charge is 0.338 e. The lowest BCUT2D eigenvalue weighted by Gasteiger charge is -2.44. The van der Waals surface area contributed by atoms with Crippen molar-refractivity contribution in [3.8, 4) is 0 Å². The first kappa shape index (κ1) is 12.2. The van der Waals surface area contributed by atoms with Crippen molar-refractivity contribution in [2.24, 2.45) is 5.92 Å². The number of nitrogens with zero attached hydrogens (tertiary/aromatic N) is 2. The summed E-state index contributed by atoms with van der Waals surface area (Å²) in [7, 11) is 0. The SMILES string of the molecule is O=C([C@@H]1CC=CCC1)N1CC(N2C(=O)CNC2=O)C1. The molecule has 3 aliphatic rings. The van der Waals surface area contributed by atoms with E-state index in [9.17, 15) is 14.4 Å². The summed E-state index contributed by atoms with van der Waals surface area (Å²) in [5, 5.41) is 2.50. The smallest absolute Gasteiger partial charge is 0.324 e. The molecule has 0 unspecified atom stereocenters. The Bertz CT molecular complexity index is 438. The van der Waals surface area contributed by atoms with Crippen LogP contribution < -0.4 is 5.32 Å². The molecule has 6 nitrogen and oxygen atoms in total. The van der Waals surface area contributed by atoms with Gasteiger partial charge >= 0.3 is 6.03 Å². The Hall–Kier alpha value is -1.85. The highest BCUT2D eigenvalue weighted by atomic mass is 16.2. The Labute approximate surface area is 111 Å². The molecule has 0 spiro atoms. The first-order valence-electron chi connectivity index (χ1n) is 6.70. The van der Waals surface area contributed by atoms with Crippen molar-refractivity contribution >= 4 is 17.8 Å². The molecule has 1 N–H and O–H groups in total. The minimum absolute atomic E-state index is 0.0778. The molecule has 3 rings (SSSR count). The maximum atomic E-state index is 12.2.